The van der Waals surface area contributed by atoms with Gasteiger partial charge < -0.3 is 5.11 Å². The largest absolute Gasteiger partial charge is 0.481 e. The Morgan fingerprint density at radius 3 is 2.68 bits per heavy atom. The van der Waals surface area contributed by atoms with Crippen molar-refractivity contribution in [3.8, 4) is 0 Å². The Hall–Kier alpha value is -1.58. The second-order valence-electron chi connectivity index (χ2n) is 5.06. The number of hydrogen-bond donors (Lipinski definition) is 1. The molecule has 1 aliphatic rings. The van der Waals surface area contributed by atoms with Crippen LogP contribution in [0.1, 0.15) is 24.0 Å². The van der Waals surface area contributed by atoms with Crippen LogP contribution in [0.2, 0.25) is 5.02 Å². The molecular formula is C15H11ClF3NO3S2. The number of benzene rings is 1. The van der Waals surface area contributed by atoms with Crippen LogP contribution in [0.4, 0.5) is 13.2 Å². The van der Waals surface area contributed by atoms with Crippen LogP contribution in [0.25, 0.3) is 6.08 Å². The predicted octanol–water partition coefficient (Wildman–Crippen LogP) is 4.42. The zero-order valence-electron chi connectivity index (χ0n) is 12.5. The van der Waals surface area contributed by atoms with Crippen LogP contribution in [0.3, 0.4) is 0 Å². The van der Waals surface area contributed by atoms with Gasteiger partial charge in [-0.15, -0.1) is 0 Å². The zero-order valence-corrected chi connectivity index (χ0v) is 14.9. The molecule has 25 heavy (non-hydrogen) atoms. The van der Waals surface area contributed by atoms with Gasteiger partial charge in [-0.05, 0) is 36.3 Å². The Morgan fingerprint density at radius 2 is 2.08 bits per heavy atom. The van der Waals surface area contributed by atoms with Crippen molar-refractivity contribution in [3.63, 3.8) is 0 Å². The van der Waals surface area contributed by atoms with Gasteiger partial charge in [-0.3, -0.25) is 14.5 Å². The summed E-state index contributed by atoms with van der Waals surface area (Å²) in [5.74, 6) is -1.47. The molecule has 0 bridgehead atoms. The van der Waals surface area contributed by atoms with Gasteiger partial charge >= 0.3 is 12.1 Å². The van der Waals surface area contributed by atoms with Gasteiger partial charge in [0.25, 0.3) is 5.91 Å². The lowest BCUT2D eigenvalue weighted by Crippen LogP contribution is -2.29. The first-order valence-corrected chi connectivity index (χ1v) is 8.54. The summed E-state index contributed by atoms with van der Waals surface area (Å²) in [7, 11) is 0. The molecule has 0 unspecified atom stereocenters. The summed E-state index contributed by atoms with van der Waals surface area (Å²) in [6.45, 7) is 0.130. The fourth-order valence-corrected chi connectivity index (χ4v) is 3.52. The average molecular weight is 410 g/mol. The quantitative estimate of drug-likeness (QED) is 0.576. The molecule has 0 radical (unpaired) electrons. The molecule has 0 aliphatic carbocycles. The lowest BCUT2D eigenvalue weighted by atomic mass is 10.1. The van der Waals surface area contributed by atoms with Crippen molar-refractivity contribution in [3.05, 3.63) is 39.3 Å². The van der Waals surface area contributed by atoms with E-state index in [1.807, 2.05) is 0 Å². The van der Waals surface area contributed by atoms with E-state index in [0.717, 1.165) is 30.0 Å². The number of thioether (sulfide) groups is 1. The molecule has 1 aromatic rings. The van der Waals surface area contributed by atoms with E-state index in [-0.39, 0.29) is 39.2 Å². The Balaban J connectivity index is 2.23. The van der Waals surface area contributed by atoms with E-state index in [1.165, 1.54) is 11.0 Å². The molecule has 0 atom stereocenters. The van der Waals surface area contributed by atoms with Gasteiger partial charge in [-0.2, -0.15) is 13.2 Å². The fourth-order valence-electron chi connectivity index (χ4n) is 2.05. The van der Waals surface area contributed by atoms with Crippen molar-refractivity contribution in [2.24, 2.45) is 0 Å². The van der Waals surface area contributed by atoms with Crippen LogP contribution in [0.15, 0.2) is 23.1 Å². The molecule has 1 saturated heterocycles. The SMILES string of the molecule is O=C(O)CCCN1C(=O)/C(=C/c2cc(C(F)(F)F)ccc2Cl)SC1=S. The first-order valence-electron chi connectivity index (χ1n) is 6.93. The summed E-state index contributed by atoms with van der Waals surface area (Å²) >= 11 is 11.9. The minimum Gasteiger partial charge on any atom is -0.481 e. The van der Waals surface area contributed by atoms with Crippen LogP contribution in [0.5, 0.6) is 0 Å². The second kappa shape index (κ2) is 7.76. The molecule has 1 aliphatic heterocycles. The van der Waals surface area contributed by atoms with E-state index in [0.29, 0.717) is 0 Å². The van der Waals surface area contributed by atoms with Crippen molar-refractivity contribution in [2.45, 2.75) is 19.0 Å². The minimum atomic E-state index is -4.52. The molecule has 1 amide bonds. The molecule has 1 heterocycles. The number of carbonyl (C=O) groups excluding carboxylic acids is 1. The van der Waals surface area contributed by atoms with Gasteiger partial charge in [0.05, 0.1) is 10.5 Å². The van der Waals surface area contributed by atoms with Crippen molar-refractivity contribution >= 4 is 57.9 Å². The van der Waals surface area contributed by atoms with Crippen molar-refractivity contribution in [1.82, 2.24) is 4.90 Å². The maximum absolute atomic E-state index is 12.8. The highest BCUT2D eigenvalue weighted by Crippen LogP contribution is 2.36. The number of thiocarbonyl (C=S) groups is 1. The Morgan fingerprint density at radius 1 is 1.40 bits per heavy atom. The van der Waals surface area contributed by atoms with Crippen LogP contribution < -0.4 is 0 Å². The van der Waals surface area contributed by atoms with Crippen LogP contribution in [-0.4, -0.2) is 32.7 Å². The Bertz CT molecular complexity index is 765. The highest BCUT2D eigenvalue weighted by Gasteiger charge is 2.33. The highest BCUT2D eigenvalue weighted by atomic mass is 35.5. The number of amides is 1. The summed E-state index contributed by atoms with van der Waals surface area (Å²) < 4.78 is 38.6. The summed E-state index contributed by atoms with van der Waals surface area (Å²) in [6, 6.07) is 2.83. The number of carboxylic acids is 1. The number of alkyl halides is 3. The third-order valence-corrected chi connectivity index (χ3v) is 4.98. The zero-order chi connectivity index (χ0) is 18.8. The monoisotopic (exact) mass is 409 g/mol. The molecule has 134 valence electrons. The van der Waals surface area contributed by atoms with E-state index in [4.69, 9.17) is 28.9 Å². The van der Waals surface area contributed by atoms with Gasteiger partial charge in [0.2, 0.25) is 0 Å². The van der Waals surface area contributed by atoms with Crippen molar-refractivity contribution in [2.75, 3.05) is 6.54 Å². The van der Waals surface area contributed by atoms with Gasteiger partial charge in [-0.1, -0.05) is 35.6 Å². The molecule has 10 heteroatoms. The summed E-state index contributed by atoms with van der Waals surface area (Å²) in [4.78, 5) is 24.2. The van der Waals surface area contributed by atoms with Gasteiger partial charge in [0.1, 0.15) is 4.32 Å². The van der Waals surface area contributed by atoms with Gasteiger partial charge in [0.15, 0.2) is 0 Å². The molecule has 1 fully saturated rings. The summed E-state index contributed by atoms with van der Waals surface area (Å²) in [5, 5.41) is 8.70. The number of hydrogen-bond acceptors (Lipinski definition) is 4. The van der Waals surface area contributed by atoms with Crippen LogP contribution >= 0.6 is 35.6 Å². The third kappa shape index (κ3) is 4.96. The third-order valence-electron chi connectivity index (χ3n) is 3.26. The van der Waals surface area contributed by atoms with E-state index >= 15 is 0 Å². The van der Waals surface area contributed by atoms with Crippen molar-refractivity contribution < 1.29 is 27.9 Å². The lowest BCUT2D eigenvalue weighted by Gasteiger charge is -2.13. The molecule has 1 N–H and O–H groups in total. The molecule has 0 saturated carbocycles. The van der Waals surface area contributed by atoms with Crippen LogP contribution in [0, 0.1) is 0 Å². The minimum absolute atomic E-state index is 0.0579. The van der Waals surface area contributed by atoms with E-state index in [9.17, 15) is 22.8 Å². The average Bonchev–Trinajstić information content (AvgIpc) is 2.75. The maximum Gasteiger partial charge on any atom is 0.416 e. The first-order chi connectivity index (χ1) is 11.6. The number of carbonyl (C=O) groups is 2. The fraction of sp³-hybridized carbons (Fsp3) is 0.267. The smallest absolute Gasteiger partial charge is 0.416 e. The van der Waals surface area contributed by atoms with Gasteiger partial charge in [0, 0.05) is 18.0 Å². The topological polar surface area (TPSA) is 57.6 Å². The molecule has 4 nitrogen and oxygen atoms in total. The standard InChI is InChI=1S/C15H11ClF3NO3S2/c16-10-4-3-9(15(17,18)19)6-8(10)7-11-13(23)20(14(24)25-11)5-1-2-12(21)22/h3-4,6-7H,1-2,5H2,(H,21,22)/b11-7-. The molecule has 0 spiro atoms. The van der Waals surface area contributed by atoms with E-state index in [1.54, 1.807) is 0 Å². The predicted molar refractivity (Wildman–Crippen MR) is 93.2 cm³/mol. The molecule has 1 aromatic carbocycles. The Kier molecular flexibility index (Phi) is 6.12. The number of halogens is 4. The number of aliphatic carboxylic acids is 1. The number of rotatable bonds is 5. The van der Waals surface area contributed by atoms with E-state index in [2.05, 4.69) is 0 Å². The normalized spacial score (nSPS) is 16.8. The molecular weight excluding hydrogens is 399 g/mol. The first kappa shape index (κ1) is 19.7. The maximum atomic E-state index is 12.8. The molecule has 2 rings (SSSR count). The Labute approximate surface area is 155 Å². The molecule has 0 aromatic heterocycles. The lowest BCUT2D eigenvalue weighted by molar-refractivity contribution is -0.138. The summed E-state index contributed by atoms with van der Waals surface area (Å²) in [5.41, 5.74) is -0.817. The summed E-state index contributed by atoms with van der Waals surface area (Å²) in [6.07, 6.45) is -3.16. The van der Waals surface area contributed by atoms with E-state index < -0.39 is 23.6 Å². The van der Waals surface area contributed by atoms with Crippen molar-refractivity contribution in [1.29, 1.82) is 0 Å². The van der Waals surface area contributed by atoms with Gasteiger partial charge in [-0.25, -0.2) is 0 Å². The second-order valence-corrected chi connectivity index (χ2v) is 7.15. The highest BCUT2D eigenvalue weighted by molar-refractivity contribution is 8.26. The number of nitrogens with zero attached hydrogens (tertiary/aromatic N) is 1. The van der Waals surface area contributed by atoms with Crippen LogP contribution in [-0.2, 0) is 15.8 Å². The number of carboxylic acid groups (broad SMARTS) is 1.